The van der Waals surface area contributed by atoms with E-state index in [1.54, 1.807) is 20.1 Å². The minimum Gasteiger partial charge on any atom is -0.496 e. The van der Waals surface area contributed by atoms with Crippen molar-refractivity contribution >= 4 is 5.91 Å². The van der Waals surface area contributed by atoms with E-state index in [2.05, 4.69) is 10.3 Å². The Morgan fingerprint density at radius 3 is 2.58 bits per heavy atom. The van der Waals surface area contributed by atoms with Gasteiger partial charge in [0.15, 0.2) is 0 Å². The Kier molecular flexibility index (Phi) is 5.76. The highest BCUT2D eigenvalue weighted by Gasteiger charge is 2.20. The van der Waals surface area contributed by atoms with Crippen LogP contribution in [0.5, 0.6) is 5.75 Å². The van der Waals surface area contributed by atoms with Crippen LogP contribution in [-0.4, -0.2) is 43.5 Å². The zero-order valence-electron chi connectivity index (χ0n) is 14.4. The molecular weight excluding hydrogens is 306 g/mol. The number of nitrogens with zero attached hydrogens (tertiary/aromatic N) is 1. The second-order valence-corrected chi connectivity index (χ2v) is 5.82. The molecule has 128 valence electrons. The molecule has 0 spiro atoms. The number of benzene rings is 1. The number of para-hydroxylation sites is 1. The van der Waals surface area contributed by atoms with Gasteiger partial charge in [0.1, 0.15) is 11.3 Å². The Bertz CT molecular complexity index is 768. The van der Waals surface area contributed by atoms with Gasteiger partial charge >= 0.3 is 0 Å². The number of rotatable bonds is 6. The number of H-pyrrole nitrogens is 1. The fraction of sp³-hybridized carbons (Fsp3) is 0.333. The van der Waals surface area contributed by atoms with Crippen molar-refractivity contribution in [3.05, 3.63) is 63.6 Å². The number of aromatic amines is 1. The minimum absolute atomic E-state index is 0.0744. The number of ether oxygens (including phenoxy) is 1. The second-order valence-electron chi connectivity index (χ2n) is 5.82. The highest BCUT2D eigenvalue weighted by atomic mass is 16.5. The molecular formula is C18H23N3O3. The topological polar surface area (TPSA) is 74.4 Å². The fourth-order valence-electron chi connectivity index (χ4n) is 2.55. The van der Waals surface area contributed by atoms with Gasteiger partial charge < -0.3 is 19.9 Å². The molecule has 2 rings (SSSR count). The normalized spacial score (nSPS) is 12.0. The summed E-state index contributed by atoms with van der Waals surface area (Å²) in [5.74, 6) is 0.372. The first-order valence-electron chi connectivity index (χ1n) is 7.71. The van der Waals surface area contributed by atoms with E-state index in [0.717, 1.165) is 17.0 Å². The van der Waals surface area contributed by atoms with Crippen LogP contribution in [-0.2, 0) is 0 Å². The van der Waals surface area contributed by atoms with Crippen LogP contribution in [0.3, 0.4) is 0 Å². The van der Waals surface area contributed by atoms with Gasteiger partial charge in [-0.15, -0.1) is 0 Å². The highest BCUT2D eigenvalue weighted by molar-refractivity contribution is 5.93. The fourth-order valence-corrected chi connectivity index (χ4v) is 2.55. The van der Waals surface area contributed by atoms with Crippen molar-refractivity contribution in [3.8, 4) is 5.75 Å². The van der Waals surface area contributed by atoms with Gasteiger partial charge in [0.2, 0.25) is 0 Å². The Balaban J connectivity index is 2.17. The quantitative estimate of drug-likeness (QED) is 0.846. The number of likely N-dealkylation sites (N-methyl/N-ethyl adjacent to an activating group) is 1. The molecule has 1 heterocycles. The van der Waals surface area contributed by atoms with Crippen molar-refractivity contribution in [1.29, 1.82) is 0 Å². The van der Waals surface area contributed by atoms with Crippen LogP contribution in [0.15, 0.2) is 41.2 Å². The molecule has 2 N–H and O–H groups in total. The number of amides is 1. The molecule has 0 bridgehead atoms. The first-order valence-corrected chi connectivity index (χ1v) is 7.71. The maximum atomic E-state index is 12.3. The van der Waals surface area contributed by atoms with E-state index in [0.29, 0.717) is 6.54 Å². The van der Waals surface area contributed by atoms with Gasteiger partial charge in [0.05, 0.1) is 13.2 Å². The smallest absolute Gasteiger partial charge is 0.260 e. The third kappa shape index (κ3) is 4.02. The van der Waals surface area contributed by atoms with Crippen LogP contribution in [0.1, 0.15) is 27.7 Å². The van der Waals surface area contributed by atoms with Crippen molar-refractivity contribution in [3.63, 3.8) is 0 Å². The molecule has 0 saturated carbocycles. The molecule has 0 unspecified atom stereocenters. The van der Waals surface area contributed by atoms with Crippen molar-refractivity contribution in [2.45, 2.75) is 13.0 Å². The lowest BCUT2D eigenvalue weighted by Gasteiger charge is -2.26. The zero-order valence-corrected chi connectivity index (χ0v) is 14.4. The molecule has 1 aromatic carbocycles. The SMILES string of the molecule is COc1ccccc1[C@H](CNC(=O)c1ccc(C)[nH]c1=O)N(C)C. The van der Waals surface area contributed by atoms with E-state index in [4.69, 9.17) is 4.74 Å². The van der Waals surface area contributed by atoms with Crippen LogP contribution in [0, 0.1) is 6.92 Å². The summed E-state index contributed by atoms with van der Waals surface area (Å²) in [5, 5.41) is 2.83. The number of nitrogens with one attached hydrogen (secondary N) is 2. The third-order valence-electron chi connectivity index (χ3n) is 3.88. The average molecular weight is 329 g/mol. The number of methoxy groups -OCH3 is 1. The third-order valence-corrected chi connectivity index (χ3v) is 3.88. The first kappa shape index (κ1) is 17.7. The number of carbonyl (C=O) groups is 1. The molecule has 2 aromatic rings. The molecule has 0 saturated heterocycles. The van der Waals surface area contributed by atoms with Crippen LogP contribution in [0.4, 0.5) is 0 Å². The van der Waals surface area contributed by atoms with Crippen molar-refractivity contribution in [2.75, 3.05) is 27.7 Å². The van der Waals surface area contributed by atoms with Gasteiger partial charge in [-0.2, -0.15) is 0 Å². The number of carbonyl (C=O) groups excluding carboxylic acids is 1. The summed E-state index contributed by atoms with van der Waals surface area (Å²) in [5.41, 5.74) is 1.42. The minimum atomic E-state index is -0.391. The van der Waals surface area contributed by atoms with Gasteiger partial charge in [-0.1, -0.05) is 18.2 Å². The molecule has 6 heteroatoms. The molecule has 24 heavy (non-hydrogen) atoms. The van der Waals surface area contributed by atoms with E-state index in [1.807, 2.05) is 43.3 Å². The summed E-state index contributed by atoms with van der Waals surface area (Å²) in [6.07, 6.45) is 0. The van der Waals surface area contributed by atoms with Gasteiger partial charge in [0.25, 0.3) is 11.5 Å². The van der Waals surface area contributed by atoms with Crippen LogP contribution >= 0.6 is 0 Å². The Morgan fingerprint density at radius 1 is 1.25 bits per heavy atom. The molecule has 1 atom stereocenters. The standard InChI is InChI=1S/C18H23N3O3/c1-12-9-10-14(18(23)20-12)17(22)19-11-15(21(2)3)13-7-5-6-8-16(13)24-4/h5-10,15H,11H2,1-4H3,(H,19,22)(H,20,23)/t15-/m0/s1. The molecule has 0 radical (unpaired) electrons. The van der Waals surface area contributed by atoms with E-state index in [-0.39, 0.29) is 17.2 Å². The molecule has 1 amide bonds. The number of aromatic nitrogens is 1. The summed E-state index contributed by atoms with van der Waals surface area (Å²) >= 11 is 0. The van der Waals surface area contributed by atoms with Crippen LogP contribution in [0.25, 0.3) is 0 Å². The number of hydrogen-bond donors (Lipinski definition) is 2. The molecule has 1 aromatic heterocycles. The van der Waals surface area contributed by atoms with Crippen molar-refractivity contribution in [2.24, 2.45) is 0 Å². The van der Waals surface area contributed by atoms with Crippen molar-refractivity contribution in [1.82, 2.24) is 15.2 Å². The van der Waals surface area contributed by atoms with E-state index in [9.17, 15) is 9.59 Å². The summed E-state index contributed by atoms with van der Waals surface area (Å²) < 4.78 is 5.41. The van der Waals surface area contributed by atoms with Crippen LogP contribution < -0.4 is 15.6 Å². The molecule has 0 aliphatic carbocycles. The predicted octanol–water partition coefficient (Wildman–Crippen LogP) is 1.72. The van der Waals surface area contributed by atoms with E-state index >= 15 is 0 Å². The summed E-state index contributed by atoms with van der Waals surface area (Å²) in [4.78, 5) is 28.8. The summed E-state index contributed by atoms with van der Waals surface area (Å²) in [7, 11) is 5.49. The highest BCUT2D eigenvalue weighted by Crippen LogP contribution is 2.27. The van der Waals surface area contributed by atoms with Gasteiger partial charge in [0, 0.05) is 17.8 Å². The lowest BCUT2D eigenvalue weighted by Crippen LogP contribution is -2.36. The lowest BCUT2D eigenvalue weighted by molar-refractivity contribution is 0.0940. The lowest BCUT2D eigenvalue weighted by atomic mass is 10.0. The maximum absolute atomic E-state index is 12.3. The number of hydrogen-bond acceptors (Lipinski definition) is 4. The molecule has 0 fully saturated rings. The number of aryl methyl sites for hydroxylation is 1. The summed E-state index contributed by atoms with van der Waals surface area (Å²) in [6.45, 7) is 2.13. The van der Waals surface area contributed by atoms with E-state index in [1.165, 1.54) is 6.07 Å². The molecule has 0 aliphatic heterocycles. The second kappa shape index (κ2) is 7.79. The van der Waals surface area contributed by atoms with Crippen LogP contribution in [0.2, 0.25) is 0 Å². The van der Waals surface area contributed by atoms with Crippen molar-refractivity contribution < 1.29 is 9.53 Å². The summed E-state index contributed by atoms with van der Waals surface area (Å²) in [6, 6.07) is 10.9. The Morgan fingerprint density at radius 2 is 1.96 bits per heavy atom. The van der Waals surface area contributed by atoms with Gasteiger partial charge in [-0.25, -0.2) is 0 Å². The Labute approximate surface area is 141 Å². The Hall–Kier alpha value is -2.60. The largest absolute Gasteiger partial charge is 0.496 e. The average Bonchev–Trinajstić information content (AvgIpc) is 2.55. The molecule has 0 aliphatic rings. The molecule has 6 nitrogen and oxygen atoms in total. The monoisotopic (exact) mass is 329 g/mol. The zero-order chi connectivity index (χ0) is 17.7. The predicted molar refractivity (Wildman–Crippen MR) is 93.6 cm³/mol. The first-order chi connectivity index (χ1) is 11.4. The van der Waals surface area contributed by atoms with Gasteiger partial charge in [-0.05, 0) is 39.2 Å². The van der Waals surface area contributed by atoms with Gasteiger partial charge in [-0.3, -0.25) is 9.59 Å². The maximum Gasteiger partial charge on any atom is 0.260 e. The number of pyridine rings is 1. The van der Waals surface area contributed by atoms with E-state index < -0.39 is 5.91 Å².